The number of nitrogens with one attached hydrogen (secondary N) is 1. The van der Waals surface area contributed by atoms with Gasteiger partial charge in [-0.05, 0) is 44.3 Å². The molecule has 0 saturated carbocycles. The van der Waals surface area contributed by atoms with Crippen LogP contribution in [0.5, 0.6) is 5.75 Å². The van der Waals surface area contributed by atoms with Gasteiger partial charge in [0.2, 0.25) is 0 Å². The van der Waals surface area contributed by atoms with Crippen molar-refractivity contribution in [3.05, 3.63) is 68.8 Å². The summed E-state index contributed by atoms with van der Waals surface area (Å²) in [4.78, 5) is 19.8. The van der Waals surface area contributed by atoms with Crippen LogP contribution in [-0.4, -0.2) is 43.0 Å². The highest BCUT2D eigenvalue weighted by Crippen LogP contribution is 2.42. The average molecular weight is 521 g/mol. The first-order chi connectivity index (χ1) is 15.9. The fourth-order valence-corrected chi connectivity index (χ4v) is 5.55. The lowest BCUT2D eigenvalue weighted by atomic mass is 10.2. The van der Waals surface area contributed by atoms with E-state index in [0.29, 0.717) is 42.7 Å². The van der Waals surface area contributed by atoms with Crippen molar-refractivity contribution >= 4 is 52.2 Å². The molecule has 10 heteroatoms. The zero-order chi connectivity index (χ0) is 23.8. The maximum atomic E-state index is 12.7. The number of carbonyl (C=O) groups is 1. The van der Waals surface area contributed by atoms with Crippen molar-refractivity contribution in [2.45, 2.75) is 22.1 Å². The molecule has 2 heterocycles. The first kappa shape index (κ1) is 25.3. The van der Waals surface area contributed by atoms with E-state index >= 15 is 0 Å². The number of benzene rings is 1. The zero-order valence-corrected chi connectivity index (χ0v) is 21.2. The maximum Gasteiger partial charge on any atom is 0.261 e. The van der Waals surface area contributed by atoms with Crippen molar-refractivity contribution in [1.82, 2.24) is 15.2 Å². The van der Waals surface area contributed by atoms with Crippen LogP contribution < -0.4 is 10.1 Å². The van der Waals surface area contributed by atoms with Gasteiger partial charge >= 0.3 is 0 Å². The molecule has 0 atom stereocenters. The second-order valence-corrected chi connectivity index (χ2v) is 10.4. The van der Waals surface area contributed by atoms with Gasteiger partial charge in [-0.1, -0.05) is 47.1 Å². The Bertz CT molecular complexity index is 1140. The summed E-state index contributed by atoms with van der Waals surface area (Å²) in [5.74, 6) is 0.515. The molecule has 172 valence electrons. The highest BCUT2D eigenvalue weighted by molar-refractivity contribution is 8.01. The molecule has 0 aliphatic rings. The summed E-state index contributed by atoms with van der Waals surface area (Å²) in [6.07, 6.45) is 3.91. The number of thiophene rings is 1. The van der Waals surface area contributed by atoms with Crippen LogP contribution in [0.4, 0.5) is 0 Å². The molecule has 0 aliphatic carbocycles. The molecule has 1 amide bonds. The Labute approximate surface area is 211 Å². The van der Waals surface area contributed by atoms with Gasteiger partial charge in [-0.2, -0.15) is 5.26 Å². The topological polar surface area (TPSA) is 78.2 Å². The second kappa shape index (κ2) is 12.3. The molecular formula is C23H22Cl2N4O2S2. The van der Waals surface area contributed by atoms with E-state index in [1.54, 1.807) is 6.07 Å². The summed E-state index contributed by atoms with van der Waals surface area (Å²) in [6, 6.07) is 11.4. The number of aromatic nitrogens is 1. The minimum atomic E-state index is -0.257. The van der Waals surface area contributed by atoms with Gasteiger partial charge in [0.05, 0.1) is 36.2 Å². The molecule has 0 unspecified atom stereocenters. The molecule has 2 aromatic heterocycles. The van der Waals surface area contributed by atoms with Crippen molar-refractivity contribution in [3.8, 4) is 11.8 Å². The smallest absolute Gasteiger partial charge is 0.261 e. The van der Waals surface area contributed by atoms with Crippen LogP contribution in [0.25, 0.3) is 0 Å². The molecule has 1 N–H and O–H groups in total. The fraction of sp³-hybridized carbons (Fsp3) is 0.261. The average Bonchev–Trinajstić information content (AvgIpc) is 3.21. The third-order valence-corrected chi connectivity index (χ3v) is 7.69. The molecule has 0 aliphatic heterocycles. The number of nitrogens with zero attached hydrogens (tertiary/aromatic N) is 3. The molecule has 6 nitrogen and oxygen atoms in total. The first-order valence-corrected chi connectivity index (χ1v) is 12.4. The van der Waals surface area contributed by atoms with Gasteiger partial charge in [0.25, 0.3) is 5.91 Å². The number of hydrogen-bond acceptors (Lipinski definition) is 7. The quantitative estimate of drug-likeness (QED) is 0.343. The zero-order valence-electron chi connectivity index (χ0n) is 18.1. The lowest BCUT2D eigenvalue weighted by Crippen LogP contribution is -2.21. The minimum Gasteiger partial charge on any atom is -0.494 e. The third-order valence-electron chi connectivity index (χ3n) is 4.42. The van der Waals surface area contributed by atoms with E-state index in [0.717, 1.165) is 24.3 Å². The molecule has 33 heavy (non-hydrogen) atoms. The van der Waals surface area contributed by atoms with Crippen molar-refractivity contribution in [3.63, 3.8) is 0 Å². The standard InChI is InChI=1S/C23H22Cl2N4O2S2/c1-29(2)7-4-8-31-17-6-3-5-15(9-17)12-28-22(30)20-10-16(11-26)23(32-20)33-21-18(24)13-27-14-19(21)25/h3,5-6,9-10,13-14H,4,7-8,12H2,1-2H3,(H,28,30). The predicted molar refractivity (Wildman–Crippen MR) is 134 cm³/mol. The van der Waals surface area contributed by atoms with Crippen LogP contribution in [0.3, 0.4) is 0 Å². The van der Waals surface area contributed by atoms with Crippen LogP contribution in [0.15, 0.2) is 51.8 Å². The Hall–Kier alpha value is -2.28. The maximum absolute atomic E-state index is 12.7. The normalized spacial score (nSPS) is 10.8. The molecule has 0 radical (unpaired) electrons. The summed E-state index contributed by atoms with van der Waals surface area (Å²) in [6.45, 7) is 1.94. The second-order valence-electron chi connectivity index (χ2n) is 7.29. The van der Waals surface area contributed by atoms with Crippen LogP contribution in [0, 0.1) is 11.3 Å². The molecule has 0 fully saturated rings. The molecule has 0 saturated heterocycles. The van der Waals surface area contributed by atoms with Crippen LogP contribution in [0.1, 0.15) is 27.2 Å². The number of pyridine rings is 1. The summed E-state index contributed by atoms with van der Waals surface area (Å²) < 4.78 is 6.44. The van der Waals surface area contributed by atoms with Crippen LogP contribution >= 0.6 is 46.3 Å². The largest absolute Gasteiger partial charge is 0.494 e. The van der Waals surface area contributed by atoms with Crippen molar-refractivity contribution < 1.29 is 9.53 Å². The number of rotatable bonds is 10. The van der Waals surface area contributed by atoms with Gasteiger partial charge in [-0.15, -0.1) is 11.3 Å². The van der Waals surface area contributed by atoms with Gasteiger partial charge in [0.1, 0.15) is 11.8 Å². The Morgan fingerprint density at radius 3 is 2.73 bits per heavy atom. The van der Waals surface area contributed by atoms with Crippen molar-refractivity contribution in [2.75, 3.05) is 27.2 Å². The lowest BCUT2D eigenvalue weighted by Gasteiger charge is -2.11. The van der Waals surface area contributed by atoms with E-state index < -0.39 is 0 Å². The predicted octanol–water partition coefficient (Wildman–Crippen LogP) is 5.73. The third kappa shape index (κ3) is 7.36. The lowest BCUT2D eigenvalue weighted by molar-refractivity contribution is 0.0955. The highest BCUT2D eigenvalue weighted by Gasteiger charge is 2.18. The molecule has 3 aromatic rings. The molecular weight excluding hydrogens is 499 g/mol. The van der Waals surface area contributed by atoms with Crippen LogP contribution in [0.2, 0.25) is 10.0 Å². The number of amides is 1. The summed E-state index contributed by atoms with van der Waals surface area (Å²) in [7, 11) is 4.06. The summed E-state index contributed by atoms with van der Waals surface area (Å²) in [5.41, 5.74) is 1.32. The summed E-state index contributed by atoms with van der Waals surface area (Å²) in [5, 5.41) is 13.2. The van der Waals surface area contributed by atoms with Crippen molar-refractivity contribution in [2.24, 2.45) is 0 Å². The fourth-order valence-electron chi connectivity index (χ4n) is 2.82. The number of nitriles is 1. The molecule has 0 bridgehead atoms. The van der Waals surface area contributed by atoms with Crippen molar-refractivity contribution in [1.29, 1.82) is 5.26 Å². The SMILES string of the molecule is CN(C)CCCOc1cccc(CNC(=O)c2cc(C#N)c(Sc3c(Cl)cncc3Cl)s2)c1. The number of carbonyl (C=O) groups excluding carboxylic acids is 1. The van der Waals surface area contributed by atoms with Gasteiger partial charge in [-0.3, -0.25) is 9.78 Å². The van der Waals surface area contributed by atoms with E-state index in [-0.39, 0.29) is 5.91 Å². The summed E-state index contributed by atoms with van der Waals surface area (Å²) >= 11 is 14.9. The Balaban J connectivity index is 1.62. The van der Waals surface area contributed by atoms with E-state index in [2.05, 4.69) is 21.3 Å². The number of ether oxygens (including phenoxy) is 1. The van der Waals surface area contributed by atoms with Gasteiger partial charge in [-0.25, -0.2) is 0 Å². The van der Waals surface area contributed by atoms with Gasteiger partial charge < -0.3 is 15.0 Å². The van der Waals surface area contributed by atoms with Crippen LogP contribution in [-0.2, 0) is 6.54 Å². The molecule has 1 aromatic carbocycles. The first-order valence-electron chi connectivity index (χ1n) is 10.0. The van der Waals surface area contributed by atoms with E-state index in [9.17, 15) is 10.1 Å². The molecule has 0 spiro atoms. The van der Waals surface area contributed by atoms with Gasteiger partial charge in [0.15, 0.2) is 0 Å². The van der Waals surface area contributed by atoms with E-state index in [4.69, 9.17) is 27.9 Å². The van der Waals surface area contributed by atoms with E-state index in [1.807, 2.05) is 38.4 Å². The number of halogens is 2. The Kier molecular flexibility index (Phi) is 9.41. The molecule has 3 rings (SSSR count). The Morgan fingerprint density at radius 1 is 1.27 bits per heavy atom. The highest BCUT2D eigenvalue weighted by atomic mass is 35.5. The Morgan fingerprint density at radius 2 is 2.03 bits per heavy atom. The monoisotopic (exact) mass is 520 g/mol. The van der Waals surface area contributed by atoms with E-state index in [1.165, 1.54) is 35.5 Å². The number of hydrogen-bond donors (Lipinski definition) is 1. The van der Waals surface area contributed by atoms with Gasteiger partial charge in [0, 0.05) is 25.5 Å². The minimum absolute atomic E-state index is 0.257.